The van der Waals surface area contributed by atoms with E-state index in [4.69, 9.17) is 47.4 Å². The first-order chi connectivity index (χ1) is 26.4. The van der Waals surface area contributed by atoms with Gasteiger partial charge in [0.2, 0.25) is 0 Å². The Labute approximate surface area is 318 Å². The molecule has 0 spiro atoms. The molecule has 0 aromatic heterocycles. The summed E-state index contributed by atoms with van der Waals surface area (Å²) in [6.45, 7) is 7.27. The second-order valence-corrected chi connectivity index (χ2v) is 14.4. The van der Waals surface area contributed by atoms with Crippen LogP contribution in [0.25, 0.3) is 0 Å². The molecule has 0 radical (unpaired) electrons. The Bertz CT molecular complexity index is 1680. The number of hydrogen-bond acceptors (Lipinski definition) is 10. The SMILES string of the molecule is CO[C@@H]1O[C@@H](C)[C@H](O[C@@H]2O[C@H](COCc3ccccc3)[C@@H](OCc3ccccc3)[C@H](OCc3ccccc3)[C@H]2OCc2ccccc2)[C@H]2OC(C)(C)O[C@@H]12. The molecule has 0 saturated carbocycles. The Morgan fingerprint density at radius 1 is 0.519 bits per heavy atom. The average Bonchev–Trinajstić information content (AvgIpc) is 3.53. The van der Waals surface area contributed by atoms with Crippen LogP contribution in [0.15, 0.2) is 121 Å². The predicted octanol–water partition coefficient (Wildman–Crippen LogP) is 6.98. The van der Waals surface area contributed by atoms with E-state index in [0.29, 0.717) is 26.4 Å². The van der Waals surface area contributed by atoms with Crippen molar-refractivity contribution in [3.63, 3.8) is 0 Å². The maximum Gasteiger partial charge on any atom is 0.187 e. The predicted molar refractivity (Wildman–Crippen MR) is 200 cm³/mol. The second kappa shape index (κ2) is 18.4. The molecule has 54 heavy (non-hydrogen) atoms. The molecular formula is C44H52O10. The van der Waals surface area contributed by atoms with Gasteiger partial charge in [0, 0.05) is 7.11 Å². The van der Waals surface area contributed by atoms with Gasteiger partial charge in [-0.25, -0.2) is 0 Å². The maximum absolute atomic E-state index is 7.01. The number of rotatable bonds is 16. The standard InChI is InChI=1S/C44H52O10/c1-30-36(39-41(42(45-4)50-30)54-44(2,3)53-39)52-43-40(49-28-34-23-15-8-16-24-34)38(48-27-33-21-13-7-14-22-33)37(47-26-32-19-11-6-12-20-32)35(51-43)29-46-25-31-17-9-5-10-18-31/h5-24,30,35-43H,25-29H2,1-4H3/t30-,35+,36-,37+,38-,39+,40+,41+,42+,43-/m0/s1. The van der Waals surface area contributed by atoms with E-state index < -0.39 is 67.2 Å². The van der Waals surface area contributed by atoms with Crippen LogP contribution in [0.3, 0.4) is 0 Å². The minimum Gasteiger partial charge on any atom is -0.374 e. The first-order valence-corrected chi connectivity index (χ1v) is 18.8. The second-order valence-electron chi connectivity index (χ2n) is 14.4. The van der Waals surface area contributed by atoms with E-state index in [1.807, 2.05) is 142 Å². The van der Waals surface area contributed by atoms with Crippen molar-refractivity contribution in [2.24, 2.45) is 0 Å². The third-order valence-corrected chi connectivity index (χ3v) is 9.93. The zero-order valence-electron chi connectivity index (χ0n) is 31.4. The number of ether oxygens (including phenoxy) is 10. The van der Waals surface area contributed by atoms with Crippen LogP contribution in [0, 0.1) is 0 Å². The van der Waals surface area contributed by atoms with Crippen LogP contribution < -0.4 is 0 Å². The third kappa shape index (κ3) is 9.82. The van der Waals surface area contributed by atoms with Gasteiger partial charge in [-0.3, -0.25) is 0 Å². The summed E-state index contributed by atoms with van der Waals surface area (Å²) in [5, 5.41) is 0. The lowest BCUT2D eigenvalue weighted by Crippen LogP contribution is -2.64. The van der Waals surface area contributed by atoms with Gasteiger partial charge in [0.25, 0.3) is 0 Å². The van der Waals surface area contributed by atoms with E-state index in [2.05, 4.69) is 0 Å². The molecule has 0 aliphatic carbocycles. The number of hydrogen-bond donors (Lipinski definition) is 0. The molecule has 7 rings (SSSR count). The highest BCUT2D eigenvalue weighted by atomic mass is 16.8. The monoisotopic (exact) mass is 740 g/mol. The third-order valence-electron chi connectivity index (χ3n) is 9.93. The molecule has 3 aliphatic rings. The van der Waals surface area contributed by atoms with Gasteiger partial charge in [-0.2, -0.15) is 0 Å². The number of methoxy groups -OCH3 is 1. The molecule has 3 aliphatic heterocycles. The summed E-state index contributed by atoms with van der Waals surface area (Å²) >= 11 is 0. The van der Waals surface area contributed by atoms with Gasteiger partial charge in [0.05, 0.1) is 39.1 Å². The van der Waals surface area contributed by atoms with E-state index in [-0.39, 0.29) is 6.61 Å². The largest absolute Gasteiger partial charge is 0.374 e. The molecule has 3 fully saturated rings. The summed E-state index contributed by atoms with van der Waals surface area (Å²) < 4.78 is 65.6. The zero-order chi connectivity index (χ0) is 37.3. The van der Waals surface area contributed by atoms with E-state index in [1.54, 1.807) is 7.11 Å². The highest BCUT2D eigenvalue weighted by Crippen LogP contribution is 2.41. The van der Waals surface area contributed by atoms with Gasteiger partial charge >= 0.3 is 0 Å². The Hall–Kier alpha value is -3.52. The van der Waals surface area contributed by atoms with E-state index in [1.165, 1.54) is 0 Å². The van der Waals surface area contributed by atoms with Crippen molar-refractivity contribution < 1.29 is 47.4 Å². The van der Waals surface area contributed by atoms with Crippen LogP contribution in [-0.2, 0) is 73.8 Å². The normalized spacial score (nSPS) is 30.5. The fourth-order valence-electron chi connectivity index (χ4n) is 7.30. The zero-order valence-corrected chi connectivity index (χ0v) is 31.4. The summed E-state index contributed by atoms with van der Waals surface area (Å²) in [6, 6.07) is 40.2. The molecule has 4 aromatic carbocycles. The molecule has 10 nitrogen and oxygen atoms in total. The van der Waals surface area contributed by atoms with Gasteiger partial charge in [-0.05, 0) is 43.0 Å². The molecule has 0 N–H and O–H groups in total. The van der Waals surface area contributed by atoms with Crippen molar-refractivity contribution in [2.75, 3.05) is 13.7 Å². The highest BCUT2D eigenvalue weighted by Gasteiger charge is 2.57. The van der Waals surface area contributed by atoms with Crippen molar-refractivity contribution in [3.05, 3.63) is 144 Å². The number of fused-ring (bicyclic) bond motifs is 1. The van der Waals surface area contributed by atoms with Gasteiger partial charge in [0.1, 0.15) is 42.7 Å². The molecule has 10 heteroatoms. The first kappa shape index (κ1) is 38.7. The lowest BCUT2D eigenvalue weighted by molar-refractivity contribution is -0.359. The Balaban J connectivity index is 1.22. The molecule has 3 saturated heterocycles. The van der Waals surface area contributed by atoms with Crippen LogP contribution in [0.2, 0.25) is 0 Å². The van der Waals surface area contributed by atoms with E-state index in [0.717, 1.165) is 22.3 Å². The molecular weight excluding hydrogens is 688 g/mol. The van der Waals surface area contributed by atoms with Crippen molar-refractivity contribution in [3.8, 4) is 0 Å². The summed E-state index contributed by atoms with van der Waals surface area (Å²) in [5.74, 6) is -0.872. The molecule has 3 heterocycles. The maximum atomic E-state index is 7.01. The van der Waals surface area contributed by atoms with Crippen LogP contribution in [0.5, 0.6) is 0 Å². The molecule has 0 bridgehead atoms. The van der Waals surface area contributed by atoms with Crippen LogP contribution in [-0.4, -0.2) is 80.9 Å². The smallest absolute Gasteiger partial charge is 0.187 e. The van der Waals surface area contributed by atoms with E-state index >= 15 is 0 Å². The molecule has 288 valence electrons. The van der Waals surface area contributed by atoms with Crippen LogP contribution in [0.1, 0.15) is 43.0 Å². The summed E-state index contributed by atoms with van der Waals surface area (Å²) in [5.41, 5.74) is 4.09. The van der Waals surface area contributed by atoms with Gasteiger partial charge in [0.15, 0.2) is 18.4 Å². The van der Waals surface area contributed by atoms with Gasteiger partial charge in [-0.1, -0.05) is 121 Å². The van der Waals surface area contributed by atoms with Crippen molar-refractivity contribution in [1.82, 2.24) is 0 Å². The van der Waals surface area contributed by atoms with E-state index in [9.17, 15) is 0 Å². The number of benzene rings is 4. The Kier molecular flexibility index (Phi) is 13.2. The van der Waals surface area contributed by atoms with Crippen molar-refractivity contribution in [1.29, 1.82) is 0 Å². The fraction of sp³-hybridized carbons (Fsp3) is 0.455. The lowest BCUT2D eigenvalue weighted by atomic mass is 9.96. The van der Waals surface area contributed by atoms with Crippen LogP contribution in [0.4, 0.5) is 0 Å². The average molecular weight is 741 g/mol. The molecule has 0 amide bonds. The summed E-state index contributed by atoms with van der Waals surface area (Å²) in [4.78, 5) is 0. The quantitative estimate of drug-likeness (QED) is 0.120. The lowest BCUT2D eigenvalue weighted by Gasteiger charge is -2.48. The minimum absolute atomic E-state index is 0.214. The minimum atomic E-state index is -0.931. The molecule has 4 aromatic rings. The van der Waals surface area contributed by atoms with Crippen molar-refractivity contribution in [2.45, 2.75) is 114 Å². The van der Waals surface area contributed by atoms with Gasteiger partial charge < -0.3 is 47.4 Å². The topological polar surface area (TPSA) is 92.3 Å². The highest BCUT2D eigenvalue weighted by molar-refractivity contribution is 5.16. The van der Waals surface area contributed by atoms with Crippen LogP contribution >= 0.6 is 0 Å². The molecule has 0 unspecified atom stereocenters. The van der Waals surface area contributed by atoms with Crippen molar-refractivity contribution >= 4 is 0 Å². The summed E-state index contributed by atoms with van der Waals surface area (Å²) in [7, 11) is 1.60. The fourth-order valence-corrected chi connectivity index (χ4v) is 7.30. The summed E-state index contributed by atoms with van der Waals surface area (Å²) in [6.07, 6.45) is -6.18. The Morgan fingerprint density at radius 2 is 0.981 bits per heavy atom. The van der Waals surface area contributed by atoms with Gasteiger partial charge in [-0.15, -0.1) is 0 Å². The molecule has 10 atom stereocenters. The first-order valence-electron chi connectivity index (χ1n) is 18.8. The Morgan fingerprint density at radius 3 is 1.50 bits per heavy atom.